The Bertz CT molecular complexity index is 545. The van der Waals surface area contributed by atoms with Crippen LogP contribution in [0.4, 0.5) is 0 Å². The number of nitrogens with zero attached hydrogens (tertiary/aromatic N) is 1. The molecule has 1 spiro atoms. The molecule has 1 aromatic rings. The quantitative estimate of drug-likeness (QED) is 0.842. The molecule has 4 rings (SSSR count). The predicted octanol–water partition coefficient (Wildman–Crippen LogP) is 2.73. The van der Waals surface area contributed by atoms with E-state index < -0.39 is 0 Å². The molecule has 3 saturated heterocycles. The van der Waals surface area contributed by atoms with Gasteiger partial charge in [0.15, 0.2) is 0 Å². The summed E-state index contributed by atoms with van der Waals surface area (Å²) in [4.78, 5) is 14.4. The van der Waals surface area contributed by atoms with E-state index in [0.29, 0.717) is 5.92 Å². The first-order valence-electron chi connectivity index (χ1n) is 8.85. The average molecular weight is 315 g/mol. The molecule has 0 radical (unpaired) electrons. The average Bonchev–Trinajstić information content (AvgIpc) is 3.26. The number of likely N-dealkylation sites (tertiary alicyclic amines) is 1. The first-order chi connectivity index (χ1) is 11.3. The van der Waals surface area contributed by atoms with Crippen molar-refractivity contribution in [2.45, 2.75) is 49.7 Å². The normalized spacial score (nSPS) is 30.0. The van der Waals surface area contributed by atoms with Crippen LogP contribution in [-0.2, 0) is 14.3 Å². The lowest BCUT2D eigenvalue weighted by Crippen LogP contribution is -2.49. The van der Waals surface area contributed by atoms with Crippen LogP contribution in [0, 0.1) is 0 Å². The second kappa shape index (κ2) is 6.25. The number of hydrogen-bond acceptors (Lipinski definition) is 3. The molecule has 1 aromatic carbocycles. The first-order valence-corrected chi connectivity index (χ1v) is 8.85. The summed E-state index contributed by atoms with van der Waals surface area (Å²) in [6.07, 6.45) is 4.69. The largest absolute Gasteiger partial charge is 0.374 e. The van der Waals surface area contributed by atoms with Crippen molar-refractivity contribution in [3.8, 4) is 0 Å². The van der Waals surface area contributed by atoms with Gasteiger partial charge >= 0.3 is 0 Å². The van der Waals surface area contributed by atoms with Gasteiger partial charge in [0, 0.05) is 25.6 Å². The minimum atomic E-state index is -0.189. The molecule has 0 N–H and O–H groups in total. The Morgan fingerprint density at radius 3 is 2.65 bits per heavy atom. The molecule has 124 valence electrons. The van der Waals surface area contributed by atoms with Crippen LogP contribution in [-0.4, -0.2) is 48.8 Å². The van der Waals surface area contributed by atoms with Gasteiger partial charge in [-0.2, -0.15) is 0 Å². The number of benzene rings is 1. The lowest BCUT2D eigenvalue weighted by Gasteiger charge is -2.39. The zero-order valence-electron chi connectivity index (χ0n) is 13.6. The maximum atomic E-state index is 12.4. The van der Waals surface area contributed by atoms with Gasteiger partial charge in [-0.1, -0.05) is 30.3 Å². The third-order valence-electron chi connectivity index (χ3n) is 5.67. The van der Waals surface area contributed by atoms with E-state index in [1.165, 1.54) is 5.56 Å². The fraction of sp³-hybridized carbons (Fsp3) is 0.632. The molecule has 0 aliphatic carbocycles. The fourth-order valence-electron chi connectivity index (χ4n) is 4.24. The van der Waals surface area contributed by atoms with Gasteiger partial charge in [0.25, 0.3) is 5.91 Å². The number of carbonyl (C=O) groups is 1. The molecule has 4 nitrogen and oxygen atoms in total. The summed E-state index contributed by atoms with van der Waals surface area (Å²) in [5.41, 5.74) is 1.36. The van der Waals surface area contributed by atoms with Crippen LogP contribution < -0.4 is 0 Å². The summed E-state index contributed by atoms with van der Waals surface area (Å²) in [5, 5.41) is 0. The maximum Gasteiger partial charge on any atom is 0.251 e. The highest BCUT2D eigenvalue weighted by Gasteiger charge is 2.44. The summed E-state index contributed by atoms with van der Waals surface area (Å²) >= 11 is 0. The third kappa shape index (κ3) is 3.02. The zero-order chi connectivity index (χ0) is 15.7. The summed E-state index contributed by atoms with van der Waals surface area (Å²) in [7, 11) is 0. The van der Waals surface area contributed by atoms with E-state index in [0.717, 1.165) is 58.4 Å². The number of carbonyl (C=O) groups excluding carboxylic acids is 1. The Balaban J connectivity index is 1.35. The van der Waals surface area contributed by atoms with Gasteiger partial charge in [0.2, 0.25) is 0 Å². The molecule has 0 bridgehead atoms. The number of amides is 1. The van der Waals surface area contributed by atoms with Gasteiger partial charge in [-0.15, -0.1) is 0 Å². The van der Waals surface area contributed by atoms with Gasteiger partial charge in [-0.25, -0.2) is 0 Å². The Morgan fingerprint density at radius 2 is 1.96 bits per heavy atom. The van der Waals surface area contributed by atoms with E-state index in [-0.39, 0.29) is 17.6 Å². The number of piperidine rings is 1. The van der Waals surface area contributed by atoms with Crippen LogP contribution in [0.2, 0.25) is 0 Å². The lowest BCUT2D eigenvalue weighted by atomic mass is 9.83. The number of rotatable bonds is 2. The van der Waals surface area contributed by atoms with Crippen molar-refractivity contribution in [3.63, 3.8) is 0 Å². The van der Waals surface area contributed by atoms with Crippen LogP contribution in [0.25, 0.3) is 0 Å². The van der Waals surface area contributed by atoms with Crippen molar-refractivity contribution < 1.29 is 14.3 Å². The van der Waals surface area contributed by atoms with Crippen LogP contribution in [0.1, 0.15) is 43.6 Å². The van der Waals surface area contributed by atoms with E-state index in [2.05, 4.69) is 30.3 Å². The summed E-state index contributed by atoms with van der Waals surface area (Å²) in [6.45, 7) is 3.15. The van der Waals surface area contributed by atoms with E-state index in [4.69, 9.17) is 9.47 Å². The molecule has 1 amide bonds. The highest BCUT2D eigenvalue weighted by atomic mass is 16.5. The molecule has 0 aromatic heterocycles. The Morgan fingerprint density at radius 1 is 1.17 bits per heavy atom. The number of hydrogen-bond donors (Lipinski definition) is 0. The van der Waals surface area contributed by atoms with Crippen LogP contribution >= 0.6 is 0 Å². The SMILES string of the molecule is O=C([C@H]1CCCO1)N1CCC2(CC1)C[C@H](c1ccccc1)CO2. The third-order valence-corrected chi connectivity index (χ3v) is 5.67. The second-order valence-corrected chi connectivity index (χ2v) is 7.13. The zero-order valence-corrected chi connectivity index (χ0v) is 13.6. The van der Waals surface area contributed by atoms with Crippen molar-refractivity contribution in [3.05, 3.63) is 35.9 Å². The van der Waals surface area contributed by atoms with Gasteiger partial charge in [0.1, 0.15) is 6.10 Å². The smallest absolute Gasteiger partial charge is 0.251 e. The molecule has 0 saturated carbocycles. The van der Waals surface area contributed by atoms with Gasteiger partial charge in [0.05, 0.1) is 12.2 Å². The molecule has 3 aliphatic heterocycles. The van der Waals surface area contributed by atoms with Crippen LogP contribution in [0.3, 0.4) is 0 Å². The molecule has 23 heavy (non-hydrogen) atoms. The molecular formula is C19H25NO3. The molecular weight excluding hydrogens is 290 g/mol. The maximum absolute atomic E-state index is 12.4. The van der Waals surface area contributed by atoms with E-state index in [9.17, 15) is 4.79 Å². The Labute approximate surface area is 137 Å². The van der Waals surface area contributed by atoms with Crippen LogP contribution in [0.15, 0.2) is 30.3 Å². The highest BCUT2D eigenvalue weighted by molar-refractivity contribution is 5.81. The molecule has 3 heterocycles. The standard InChI is InChI=1S/C19H25NO3/c21-18(17-7-4-12-22-17)20-10-8-19(9-11-20)13-16(14-23-19)15-5-2-1-3-6-15/h1-3,5-6,16-17H,4,7-14H2/t16-,17+/m0/s1. The van der Waals surface area contributed by atoms with Gasteiger partial charge in [-0.3, -0.25) is 4.79 Å². The molecule has 2 atom stereocenters. The second-order valence-electron chi connectivity index (χ2n) is 7.13. The summed E-state index contributed by atoms with van der Waals surface area (Å²) < 4.78 is 11.8. The molecule has 3 aliphatic rings. The van der Waals surface area contributed by atoms with E-state index >= 15 is 0 Å². The van der Waals surface area contributed by atoms with Crippen LogP contribution in [0.5, 0.6) is 0 Å². The minimum absolute atomic E-state index is 0.0200. The van der Waals surface area contributed by atoms with E-state index in [1.54, 1.807) is 0 Å². The fourth-order valence-corrected chi connectivity index (χ4v) is 4.24. The highest BCUT2D eigenvalue weighted by Crippen LogP contribution is 2.42. The molecule has 4 heteroatoms. The Hall–Kier alpha value is -1.39. The minimum Gasteiger partial charge on any atom is -0.374 e. The van der Waals surface area contributed by atoms with Crippen molar-refractivity contribution in [1.82, 2.24) is 4.90 Å². The summed E-state index contributed by atoms with van der Waals surface area (Å²) in [5.74, 6) is 0.687. The van der Waals surface area contributed by atoms with E-state index in [1.807, 2.05) is 4.90 Å². The molecule has 0 unspecified atom stereocenters. The summed E-state index contributed by atoms with van der Waals surface area (Å²) in [6, 6.07) is 10.7. The first kappa shape index (κ1) is 15.2. The number of ether oxygens (including phenoxy) is 2. The topological polar surface area (TPSA) is 38.8 Å². The van der Waals surface area contributed by atoms with Crippen molar-refractivity contribution in [2.75, 3.05) is 26.3 Å². The molecule has 3 fully saturated rings. The monoisotopic (exact) mass is 315 g/mol. The van der Waals surface area contributed by atoms with Crippen molar-refractivity contribution in [2.24, 2.45) is 0 Å². The Kier molecular flexibility index (Phi) is 4.12. The predicted molar refractivity (Wildman–Crippen MR) is 87.3 cm³/mol. The van der Waals surface area contributed by atoms with Gasteiger partial charge in [-0.05, 0) is 37.7 Å². The van der Waals surface area contributed by atoms with Crippen molar-refractivity contribution >= 4 is 5.91 Å². The van der Waals surface area contributed by atoms with Gasteiger partial charge < -0.3 is 14.4 Å². The lowest BCUT2D eigenvalue weighted by molar-refractivity contribution is -0.145. The van der Waals surface area contributed by atoms with Crippen molar-refractivity contribution in [1.29, 1.82) is 0 Å².